The summed E-state index contributed by atoms with van der Waals surface area (Å²) in [5.74, 6) is 1.20. The van der Waals surface area contributed by atoms with Gasteiger partial charge in [0.2, 0.25) is 5.91 Å². The van der Waals surface area contributed by atoms with Crippen molar-refractivity contribution in [3.63, 3.8) is 0 Å². The highest BCUT2D eigenvalue weighted by molar-refractivity contribution is 5.77. The van der Waals surface area contributed by atoms with E-state index in [-0.39, 0.29) is 11.3 Å². The molecule has 0 saturated carbocycles. The van der Waals surface area contributed by atoms with E-state index < -0.39 is 0 Å². The summed E-state index contributed by atoms with van der Waals surface area (Å²) in [4.78, 5) is 14.3. The van der Waals surface area contributed by atoms with Gasteiger partial charge in [-0.2, -0.15) is 0 Å². The molecule has 1 aliphatic rings. The molecule has 0 N–H and O–H groups in total. The van der Waals surface area contributed by atoms with Gasteiger partial charge in [-0.25, -0.2) is 0 Å². The molecule has 3 rings (SSSR count). The van der Waals surface area contributed by atoms with Gasteiger partial charge in [0.15, 0.2) is 0 Å². The number of piperidine rings is 1. The van der Waals surface area contributed by atoms with Gasteiger partial charge < -0.3 is 9.47 Å². The molecule has 0 unspecified atom stereocenters. The van der Waals surface area contributed by atoms with E-state index in [0.717, 1.165) is 31.8 Å². The number of hydrogen-bond donors (Lipinski definition) is 0. The lowest BCUT2D eigenvalue weighted by Crippen LogP contribution is -2.48. The molecule has 23 heavy (non-hydrogen) atoms. The predicted molar refractivity (Wildman–Crippen MR) is 89.0 cm³/mol. The maximum absolute atomic E-state index is 12.3. The normalized spacial score (nSPS) is 21.7. The fraction of sp³-hybridized carbons (Fsp3) is 0.500. The van der Waals surface area contributed by atoms with Gasteiger partial charge in [0, 0.05) is 37.9 Å². The van der Waals surface area contributed by atoms with Crippen LogP contribution >= 0.6 is 0 Å². The molecule has 5 nitrogen and oxygen atoms in total. The highest BCUT2D eigenvalue weighted by atomic mass is 16.2. The van der Waals surface area contributed by atoms with E-state index in [1.807, 2.05) is 15.5 Å². The Labute approximate surface area is 137 Å². The van der Waals surface area contributed by atoms with E-state index in [4.69, 9.17) is 0 Å². The van der Waals surface area contributed by atoms with Crippen LogP contribution in [0.1, 0.15) is 38.1 Å². The Bertz CT molecular complexity index is 667. The molecule has 1 aromatic heterocycles. The number of nitrogens with zero attached hydrogens (tertiary/aromatic N) is 4. The van der Waals surface area contributed by atoms with Crippen molar-refractivity contribution in [3.8, 4) is 0 Å². The Balaban J connectivity index is 1.70. The lowest BCUT2D eigenvalue weighted by molar-refractivity contribution is -0.135. The summed E-state index contributed by atoms with van der Waals surface area (Å²) in [6, 6.07) is 10.5. The van der Waals surface area contributed by atoms with Crippen molar-refractivity contribution < 1.29 is 4.79 Å². The number of aromatic nitrogens is 3. The number of rotatable bonds is 5. The van der Waals surface area contributed by atoms with E-state index in [1.54, 1.807) is 6.33 Å². The van der Waals surface area contributed by atoms with E-state index >= 15 is 0 Å². The van der Waals surface area contributed by atoms with Crippen molar-refractivity contribution in [2.45, 2.75) is 45.1 Å². The van der Waals surface area contributed by atoms with Crippen LogP contribution in [0.5, 0.6) is 0 Å². The van der Waals surface area contributed by atoms with E-state index in [1.165, 1.54) is 5.56 Å². The van der Waals surface area contributed by atoms with Crippen LogP contribution in [0.2, 0.25) is 0 Å². The van der Waals surface area contributed by atoms with Gasteiger partial charge >= 0.3 is 0 Å². The lowest BCUT2D eigenvalue weighted by Gasteiger charge is -2.40. The van der Waals surface area contributed by atoms with Gasteiger partial charge in [-0.15, -0.1) is 10.2 Å². The third-order valence-corrected chi connectivity index (χ3v) is 4.90. The second-order valence-electron chi connectivity index (χ2n) is 6.53. The van der Waals surface area contributed by atoms with Crippen LogP contribution in [0.25, 0.3) is 0 Å². The number of aryl methyl sites for hydroxylation is 1. The summed E-state index contributed by atoms with van der Waals surface area (Å²) in [7, 11) is 0. The zero-order valence-corrected chi connectivity index (χ0v) is 13.9. The van der Waals surface area contributed by atoms with Crippen LogP contribution in [0.3, 0.4) is 0 Å². The van der Waals surface area contributed by atoms with E-state index in [9.17, 15) is 4.79 Å². The molecule has 1 saturated heterocycles. The third kappa shape index (κ3) is 3.28. The first-order chi connectivity index (χ1) is 11.1. The standard InChI is InChI=1S/C18H24N4O/c1-3-21-14-19-20-16(21)10-12-22-13-18(2,11-9-17(22)23)15-7-5-4-6-8-15/h4-8,14H,3,9-13H2,1-2H3/t18-/m0/s1. The second kappa shape index (κ2) is 6.52. The first-order valence-corrected chi connectivity index (χ1v) is 8.32. The predicted octanol–water partition coefficient (Wildman–Crippen LogP) is 2.42. The Morgan fingerprint density at radius 1 is 1.26 bits per heavy atom. The van der Waals surface area contributed by atoms with Crippen molar-refractivity contribution >= 4 is 5.91 Å². The summed E-state index contributed by atoms with van der Waals surface area (Å²) in [6.07, 6.45) is 4.04. The molecule has 0 spiro atoms. The molecule has 122 valence electrons. The maximum atomic E-state index is 12.3. The number of carbonyl (C=O) groups excluding carboxylic acids is 1. The molecule has 1 aromatic carbocycles. The van der Waals surface area contributed by atoms with Crippen molar-refractivity contribution in [3.05, 3.63) is 48.0 Å². The minimum Gasteiger partial charge on any atom is -0.341 e. The highest BCUT2D eigenvalue weighted by Gasteiger charge is 2.36. The minimum atomic E-state index is 0.0353. The Kier molecular flexibility index (Phi) is 4.46. The number of hydrogen-bond acceptors (Lipinski definition) is 3. The number of amides is 1. The average molecular weight is 312 g/mol. The first-order valence-electron chi connectivity index (χ1n) is 8.32. The fourth-order valence-electron chi connectivity index (χ4n) is 3.38. The number of benzene rings is 1. The summed E-state index contributed by atoms with van der Waals surface area (Å²) >= 11 is 0. The smallest absolute Gasteiger partial charge is 0.222 e. The summed E-state index contributed by atoms with van der Waals surface area (Å²) in [6.45, 7) is 6.68. The molecular formula is C18H24N4O. The Morgan fingerprint density at radius 2 is 2.04 bits per heavy atom. The van der Waals surface area contributed by atoms with E-state index in [0.29, 0.717) is 13.0 Å². The molecule has 1 aliphatic heterocycles. The summed E-state index contributed by atoms with van der Waals surface area (Å²) in [5, 5.41) is 8.13. The zero-order valence-electron chi connectivity index (χ0n) is 13.9. The summed E-state index contributed by atoms with van der Waals surface area (Å²) < 4.78 is 2.03. The Morgan fingerprint density at radius 3 is 2.78 bits per heavy atom. The summed E-state index contributed by atoms with van der Waals surface area (Å²) in [5.41, 5.74) is 1.35. The molecule has 0 bridgehead atoms. The SMILES string of the molecule is CCn1cnnc1CCN1C[C@@](C)(c2ccccc2)CCC1=O. The molecule has 5 heteroatoms. The molecule has 1 amide bonds. The maximum Gasteiger partial charge on any atom is 0.222 e. The van der Waals surface area contributed by atoms with Crippen molar-refractivity contribution in [2.75, 3.05) is 13.1 Å². The van der Waals surface area contributed by atoms with Crippen LogP contribution < -0.4 is 0 Å². The molecule has 2 heterocycles. The van der Waals surface area contributed by atoms with Gasteiger partial charge in [-0.3, -0.25) is 4.79 Å². The van der Waals surface area contributed by atoms with Gasteiger partial charge in [-0.1, -0.05) is 37.3 Å². The van der Waals surface area contributed by atoms with Gasteiger partial charge in [0.1, 0.15) is 12.2 Å². The topological polar surface area (TPSA) is 51.0 Å². The lowest BCUT2D eigenvalue weighted by atomic mass is 9.75. The zero-order chi connectivity index (χ0) is 16.3. The van der Waals surface area contributed by atoms with Crippen LogP contribution in [0.15, 0.2) is 36.7 Å². The molecule has 1 atom stereocenters. The van der Waals surface area contributed by atoms with Crippen LogP contribution in [0.4, 0.5) is 0 Å². The monoisotopic (exact) mass is 312 g/mol. The van der Waals surface area contributed by atoms with Crippen molar-refractivity contribution in [1.82, 2.24) is 19.7 Å². The van der Waals surface area contributed by atoms with Crippen LogP contribution in [-0.4, -0.2) is 38.7 Å². The third-order valence-electron chi connectivity index (χ3n) is 4.90. The quantitative estimate of drug-likeness (QED) is 0.852. The molecule has 0 radical (unpaired) electrons. The molecule has 1 fully saturated rings. The van der Waals surface area contributed by atoms with Gasteiger partial charge in [0.05, 0.1) is 0 Å². The fourth-order valence-corrected chi connectivity index (χ4v) is 3.38. The van der Waals surface area contributed by atoms with Crippen molar-refractivity contribution in [2.24, 2.45) is 0 Å². The first kappa shape index (κ1) is 15.7. The second-order valence-corrected chi connectivity index (χ2v) is 6.53. The van der Waals surface area contributed by atoms with E-state index in [2.05, 4.69) is 48.3 Å². The highest BCUT2D eigenvalue weighted by Crippen LogP contribution is 2.34. The number of carbonyl (C=O) groups is 1. The molecule has 0 aliphatic carbocycles. The molecular weight excluding hydrogens is 288 g/mol. The molecule has 2 aromatic rings. The minimum absolute atomic E-state index is 0.0353. The van der Waals surface area contributed by atoms with Crippen molar-refractivity contribution in [1.29, 1.82) is 0 Å². The van der Waals surface area contributed by atoms with Gasteiger partial charge in [-0.05, 0) is 18.9 Å². The van der Waals surface area contributed by atoms with Crippen LogP contribution in [-0.2, 0) is 23.2 Å². The van der Waals surface area contributed by atoms with Crippen LogP contribution in [0, 0.1) is 0 Å². The van der Waals surface area contributed by atoms with Gasteiger partial charge in [0.25, 0.3) is 0 Å². The largest absolute Gasteiger partial charge is 0.341 e. The Hall–Kier alpha value is -2.17. The number of likely N-dealkylation sites (tertiary alicyclic amines) is 1. The average Bonchev–Trinajstić information content (AvgIpc) is 3.04.